The van der Waals surface area contributed by atoms with Crippen molar-refractivity contribution in [1.82, 2.24) is 14.9 Å². The van der Waals surface area contributed by atoms with Crippen LogP contribution in [0.4, 0.5) is 5.82 Å². The Hall–Kier alpha value is -1.94. The zero-order valence-electron chi connectivity index (χ0n) is 12.7. The van der Waals surface area contributed by atoms with E-state index in [-0.39, 0.29) is 0 Å². The topological polar surface area (TPSA) is 41.0 Å². The van der Waals surface area contributed by atoms with Crippen LogP contribution in [0.2, 0.25) is 0 Å². The van der Waals surface area contributed by atoms with Gasteiger partial charge >= 0.3 is 0 Å². The maximum absolute atomic E-state index is 4.28. The molecular formula is C17H22N4. The van der Waals surface area contributed by atoms with Crippen LogP contribution in [0.5, 0.6) is 0 Å². The third-order valence-corrected chi connectivity index (χ3v) is 3.95. The lowest BCUT2D eigenvalue weighted by atomic mass is 10.1. The molecule has 1 aliphatic heterocycles. The maximum Gasteiger partial charge on any atom is 0.129 e. The second kappa shape index (κ2) is 6.22. The van der Waals surface area contributed by atoms with Crippen molar-refractivity contribution in [3.63, 3.8) is 0 Å². The van der Waals surface area contributed by atoms with Crippen molar-refractivity contribution in [3.05, 3.63) is 53.5 Å². The molecule has 4 heteroatoms. The first kappa shape index (κ1) is 14.0. The Kier molecular flexibility index (Phi) is 4.15. The van der Waals surface area contributed by atoms with Crippen molar-refractivity contribution in [2.45, 2.75) is 32.9 Å². The Labute approximate surface area is 126 Å². The molecule has 1 fully saturated rings. The zero-order valence-corrected chi connectivity index (χ0v) is 12.7. The standard InChI is InChI=1S/C17H22N4/c1-13-3-5-15(6-4-13)10-21-8-7-16(11-21)20-17-9-14(2)18-12-19-17/h3-6,9,12,16H,7-8,10-11H2,1-2H3,(H,18,19,20). The summed E-state index contributed by atoms with van der Waals surface area (Å²) in [5.41, 5.74) is 3.71. The minimum absolute atomic E-state index is 0.477. The Bertz CT molecular complexity index is 594. The van der Waals surface area contributed by atoms with Crippen LogP contribution < -0.4 is 5.32 Å². The highest BCUT2D eigenvalue weighted by Crippen LogP contribution is 2.17. The van der Waals surface area contributed by atoms with E-state index < -0.39 is 0 Å². The van der Waals surface area contributed by atoms with Crippen LogP contribution in [0.25, 0.3) is 0 Å². The SMILES string of the molecule is Cc1ccc(CN2CCC(Nc3cc(C)ncn3)C2)cc1. The van der Waals surface area contributed by atoms with Crippen LogP contribution >= 0.6 is 0 Å². The quantitative estimate of drug-likeness (QED) is 0.936. The molecule has 1 aromatic carbocycles. The first-order chi connectivity index (χ1) is 10.2. The summed E-state index contributed by atoms with van der Waals surface area (Å²) in [5, 5.41) is 3.51. The van der Waals surface area contributed by atoms with E-state index in [0.717, 1.165) is 37.6 Å². The number of nitrogens with one attached hydrogen (secondary N) is 1. The number of anilines is 1. The van der Waals surface area contributed by atoms with Crippen molar-refractivity contribution < 1.29 is 0 Å². The van der Waals surface area contributed by atoms with Crippen LogP contribution in [0.15, 0.2) is 36.7 Å². The monoisotopic (exact) mass is 282 g/mol. The minimum atomic E-state index is 0.477. The third kappa shape index (κ3) is 3.79. The van der Waals surface area contributed by atoms with E-state index in [1.165, 1.54) is 11.1 Å². The normalized spacial score (nSPS) is 18.9. The molecule has 2 aromatic rings. The largest absolute Gasteiger partial charge is 0.366 e. The molecule has 0 radical (unpaired) electrons. The van der Waals surface area contributed by atoms with Gasteiger partial charge in [-0.15, -0.1) is 0 Å². The van der Waals surface area contributed by atoms with E-state index >= 15 is 0 Å². The molecule has 1 unspecified atom stereocenters. The van der Waals surface area contributed by atoms with Crippen LogP contribution in [-0.4, -0.2) is 34.0 Å². The highest BCUT2D eigenvalue weighted by atomic mass is 15.2. The van der Waals surface area contributed by atoms with Crippen LogP contribution in [0.3, 0.4) is 0 Å². The molecule has 0 spiro atoms. The van der Waals surface area contributed by atoms with Gasteiger partial charge < -0.3 is 5.32 Å². The number of likely N-dealkylation sites (tertiary alicyclic amines) is 1. The fourth-order valence-corrected chi connectivity index (χ4v) is 2.79. The van der Waals surface area contributed by atoms with Gasteiger partial charge in [0.25, 0.3) is 0 Å². The number of rotatable bonds is 4. The van der Waals surface area contributed by atoms with Gasteiger partial charge in [-0.05, 0) is 25.8 Å². The van der Waals surface area contributed by atoms with Crippen molar-refractivity contribution in [2.75, 3.05) is 18.4 Å². The van der Waals surface area contributed by atoms with E-state index in [2.05, 4.69) is 51.4 Å². The van der Waals surface area contributed by atoms with E-state index in [1.807, 2.05) is 13.0 Å². The van der Waals surface area contributed by atoms with Gasteiger partial charge in [0.1, 0.15) is 12.1 Å². The zero-order chi connectivity index (χ0) is 14.7. The van der Waals surface area contributed by atoms with Crippen LogP contribution in [0.1, 0.15) is 23.2 Å². The van der Waals surface area contributed by atoms with Crippen molar-refractivity contribution in [1.29, 1.82) is 0 Å². The molecule has 1 atom stereocenters. The predicted octanol–water partition coefficient (Wildman–Crippen LogP) is 2.78. The maximum atomic E-state index is 4.28. The summed E-state index contributed by atoms with van der Waals surface area (Å²) in [5.74, 6) is 0.935. The average Bonchev–Trinajstić information content (AvgIpc) is 2.89. The summed E-state index contributed by atoms with van der Waals surface area (Å²) in [4.78, 5) is 10.9. The van der Waals surface area contributed by atoms with Crippen LogP contribution in [-0.2, 0) is 6.54 Å². The molecule has 110 valence electrons. The molecule has 1 N–H and O–H groups in total. The average molecular weight is 282 g/mol. The van der Waals surface area contributed by atoms with Gasteiger partial charge in [-0.25, -0.2) is 9.97 Å². The van der Waals surface area contributed by atoms with Gasteiger partial charge in [-0.1, -0.05) is 29.8 Å². The first-order valence-corrected chi connectivity index (χ1v) is 7.52. The molecule has 3 rings (SSSR count). The summed E-state index contributed by atoms with van der Waals surface area (Å²) >= 11 is 0. The van der Waals surface area contributed by atoms with Crippen molar-refractivity contribution in [3.8, 4) is 0 Å². The van der Waals surface area contributed by atoms with E-state index in [9.17, 15) is 0 Å². The molecule has 0 amide bonds. The number of hydrogen-bond acceptors (Lipinski definition) is 4. The first-order valence-electron chi connectivity index (χ1n) is 7.52. The molecule has 4 nitrogen and oxygen atoms in total. The molecule has 1 saturated heterocycles. The molecule has 0 bridgehead atoms. The van der Waals surface area contributed by atoms with Gasteiger partial charge in [0.2, 0.25) is 0 Å². The summed E-state index contributed by atoms with van der Waals surface area (Å²) in [6, 6.07) is 11.3. The van der Waals surface area contributed by atoms with Gasteiger partial charge in [0.05, 0.1) is 0 Å². The highest BCUT2D eigenvalue weighted by Gasteiger charge is 2.22. The summed E-state index contributed by atoms with van der Waals surface area (Å²) in [6.45, 7) is 7.35. The highest BCUT2D eigenvalue weighted by molar-refractivity contribution is 5.36. The van der Waals surface area contributed by atoms with E-state index in [0.29, 0.717) is 6.04 Å². The van der Waals surface area contributed by atoms with Gasteiger partial charge in [0, 0.05) is 37.4 Å². The lowest BCUT2D eigenvalue weighted by molar-refractivity contribution is 0.328. The number of aromatic nitrogens is 2. The number of nitrogens with zero attached hydrogens (tertiary/aromatic N) is 3. The summed E-state index contributed by atoms with van der Waals surface area (Å²) < 4.78 is 0. The predicted molar refractivity (Wildman–Crippen MR) is 85.3 cm³/mol. The van der Waals surface area contributed by atoms with Gasteiger partial charge in [-0.2, -0.15) is 0 Å². The number of hydrogen-bond donors (Lipinski definition) is 1. The third-order valence-electron chi connectivity index (χ3n) is 3.95. The van der Waals surface area contributed by atoms with Crippen molar-refractivity contribution in [2.24, 2.45) is 0 Å². The van der Waals surface area contributed by atoms with Gasteiger partial charge in [-0.3, -0.25) is 4.90 Å². The Morgan fingerprint density at radius 2 is 2.00 bits per heavy atom. The second-order valence-electron chi connectivity index (χ2n) is 5.90. The molecule has 0 aliphatic carbocycles. The smallest absolute Gasteiger partial charge is 0.129 e. The molecule has 0 saturated carbocycles. The second-order valence-corrected chi connectivity index (χ2v) is 5.90. The lowest BCUT2D eigenvalue weighted by Crippen LogP contribution is -2.26. The molecule has 21 heavy (non-hydrogen) atoms. The summed E-state index contributed by atoms with van der Waals surface area (Å²) in [6.07, 6.45) is 2.78. The Morgan fingerprint density at radius 3 is 2.76 bits per heavy atom. The molecular weight excluding hydrogens is 260 g/mol. The Balaban J connectivity index is 1.54. The number of benzene rings is 1. The Morgan fingerprint density at radius 1 is 1.19 bits per heavy atom. The lowest BCUT2D eigenvalue weighted by Gasteiger charge is -2.17. The summed E-state index contributed by atoms with van der Waals surface area (Å²) in [7, 11) is 0. The van der Waals surface area contributed by atoms with Crippen LogP contribution in [0, 0.1) is 13.8 Å². The fourth-order valence-electron chi connectivity index (χ4n) is 2.79. The fraction of sp³-hybridized carbons (Fsp3) is 0.412. The van der Waals surface area contributed by atoms with E-state index in [1.54, 1.807) is 6.33 Å². The molecule has 1 aromatic heterocycles. The molecule has 2 heterocycles. The molecule has 1 aliphatic rings. The van der Waals surface area contributed by atoms with E-state index in [4.69, 9.17) is 0 Å². The number of aryl methyl sites for hydroxylation is 2. The minimum Gasteiger partial charge on any atom is -0.366 e. The van der Waals surface area contributed by atoms with Gasteiger partial charge in [0.15, 0.2) is 0 Å². The van der Waals surface area contributed by atoms with Crippen molar-refractivity contribution >= 4 is 5.82 Å².